The first-order chi connectivity index (χ1) is 9.91. The van der Waals surface area contributed by atoms with Gasteiger partial charge in [-0.15, -0.1) is 0 Å². The maximum Gasteiger partial charge on any atom is 0.335 e. The SMILES string of the molecule is Cc1cccc([N+](=O)[O-])c1N(C)c1ccc(C(=O)O)cc1. The third kappa shape index (κ3) is 2.84. The van der Waals surface area contributed by atoms with Gasteiger partial charge in [0.05, 0.1) is 10.5 Å². The molecule has 0 aliphatic carbocycles. The minimum absolute atomic E-state index is 0.0137. The Balaban J connectivity index is 2.47. The average Bonchev–Trinajstić information content (AvgIpc) is 2.46. The summed E-state index contributed by atoms with van der Waals surface area (Å²) >= 11 is 0. The zero-order chi connectivity index (χ0) is 15.6. The van der Waals surface area contributed by atoms with Crippen LogP contribution < -0.4 is 4.90 Å². The van der Waals surface area contributed by atoms with E-state index in [1.54, 1.807) is 43.1 Å². The summed E-state index contributed by atoms with van der Waals surface area (Å²) in [6.07, 6.45) is 0. The Bertz CT molecular complexity index is 695. The van der Waals surface area contributed by atoms with E-state index < -0.39 is 10.9 Å². The zero-order valence-corrected chi connectivity index (χ0v) is 11.6. The molecule has 0 atom stereocenters. The highest BCUT2D eigenvalue weighted by Crippen LogP contribution is 2.35. The number of hydrogen-bond acceptors (Lipinski definition) is 4. The minimum atomic E-state index is -1.01. The largest absolute Gasteiger partial charge is 0.478 e. The molecule has 0 saturated heterocycles. The van der Waals surface area contributed by atoms with Crippen molar-refractivity contribution in [3.05, 3.63) is 63.7 Å². The fraction of sp³-hybridized carbons (Fsp3) is 0.133. The van der Waals surface area contributed by atoms with Crippen LogP contribution in [0.25, 0.3) is 0 Å². The Hall–Kier alpha value is -2.89. The molecule has 0 saturated carbocycles. The Kier molecular flexibility index (Phi) is 3.89. The number of benzene rings is 2. The molecule has 6 heteroatoms. The maximum atomic E-state index is 11.2. The van der Waals surface area contributed by atoms with E-state index in [1.165, 1.54) is 18.2 Å². The Morgan fingerprint density at radius 1 is 1.19 bits per heavy atom. The monoisotopic (exact) mass is 286 g/mol. The molecule has 108 valence electrons. The number of para-hydroxylation sites is 1. The van der Waals surface area contributed by atoms with Crippen molar-refractivity contribution >= 4 is 23.0 Å². The fourth-order valence-corrected chi connectivity index (χ4v) is 2.18. The molecular weight excluding hydrogens is 272 g/mol. The van der Waals surface area contributed by atoms with Crippen molar-refractivity contribution in [2.45, 2.75) is 6.92 Å². The second-order valence-electron chi connectivity index (χ2n) is 4.61. The van der Waals surface area contributed by atoms with Gasteiger partial charge in [-0.05, 0) is 36.8 Å². The lowest BCUT2D eigenvalue weighted by atomic mass is 10.1. The summed E-state index contributed by atoms with van der Waals surface area (Å²) in [4.78, 5) is 23.3. The molecule has 0 fully saturated rings. The van der Waals surface area contributed by atoms with Crippen molar-refractivity contribution in [2.75, 3.05) is 11.9 Å². The lowest BCUT2D eigenvalue weighted by molar-refractivity contribution is -0.384. The lowest BCUT2D eigenvalue weighted by Crippen LogP contribution is -2.13. The minimum Gasteiger partial charge on any atom is -0.478 e. The number of carboxylic acid groups (broad SMARTS) is 1. The van der Waals surface area contributed by atoms with Gasteiger partial charge in [0.25, 0.3) is 5.69 Å². The summed E-state index contributed by atoms with van der Waals surface area (Å²) in [5, 5.41) is 20.0. The molecular formula is C15H14N2O4. The van der Waals surface area contributed by atoms with Crippen LogP contribution in [0.4, 0.5) is 17.1 Å². The summed E-state index contributed by atoms with van der Waals surface area (Å²) in [6, 6.07) is 11.1. The number of nitro groups is 1. The van der Waals surface area contributed by atoms with Crippen LogP contribution >= 0.6 is 0 Å². The summed E-state index contributed by atoms with van der Waals surface area (Å²) in [5.74, 6) is -1.01. The number of hydrogen-bond donors (Lipinski definition) is 1. The first-order valence-electron chi connectivity index (χ1n) is 6.23. The van der Waals surface area contributed by atoms with E-state index in [-0.39, 0.29) is 11.3 Å². The molecule has 0 spiro atoms. The molecule has 0 aliphatic rings. The normalized spacial score (nSPS) is 10.2. The van der Waals surface area contributed by atoms with Gasteiger partial charge in [0.15, 0.2) is 0 Å². The van der Waals surface area contributed by atoms with Gasteiger partial charge >= 0.3 is 5.97 Å². The Morgan fingerprint density at radius 3 is 2.33 bits per heavy atom. The molecule has 6 nitrogen and oxygen atoms in total. The molecule has 0 aromatic heterocycles. The Labute approximate surface area is 121 Å². The van der Waals surface area contributed by atoms with Crippen molar-refractivity contribution < 1.29 is 14.8 Å². The van der Waals surface area contributed by atoms with E-state index in [4.69, 9.17) is 5.11 Å². The van der Waals surface area contributed by atoms with E-state index in [9.17, 15) is 14.9 Å². The molecule has 0 heterocycles. The number of carbonyl (C=O) groups is 1. The van der Waals surface area contributed by atoms with Crippen LogP contribution in [0.15, 0.2) is 42.5 Å². The number of nitro benzene ring substituents is 1. The first kappa shape index (κ1) is 14.5. The first-order valence-corrected chi connectivity index (χ1v) is 6.23. The third-order valence-electron chi connectivity index (χ3n) is 3.25. The van der Waals surface area contributed by atoms with Crippen LogP contribution in [0.5, 0.6) is 0 Å². The topological polar surface area (TPSA) is 83.7 Å². The molecule has 0 bridgehead atoms. The fourth-order valence-electron chi connectivity index (χ4n) is 2.18. The molecule has 1 N–H and O–H groups in total. The van der Waals surface area contributed by atoms with E-state index in [0.29, 0.717) is 11.4 Å². The number of carboxylic acids is 1. The quantitative estimate of drug-likeness (QED) is 0.688. The van der Waals surface area contributed by atoms with Crippen LogP contribution in [0.3, 0.4) is 0 Å². The molecule has 0 unspecified atom stereocenters. The summed E-state index contributed by atoms with van der Waals surface area (Å²) in [6.45, 7) is 1.80. The molecule has 2 aromatic rings. The van der Waals surface area contributed by atoms with Crippen LogP contribution in [0, 0.1) is 17.0 Å². The highest BCUT2D eigenvalue weighted by Gasteiger charge is 2.20. The van der Waals surface area contributed by atoms with E-state index in [1.807, 2.05) is 0 Å². The highest BCUT2D eigenvalue weighted by molar-refractivity contribution is 5.88. The van der Waals surface area contributed by atoms with Crippen molar-refractivity contribution in [2.24, 2.45) is 0 Å². The number of aromatic carboxylic acids is 1. The van der Waals surface area contributed by atoms with Crippen molar-refractivity contribution in [1.29, 1.82) is 0 Å². The van der Waals surface area contributed by atoms with Crippen LogP contribution in [-0.4, -0.2) is 23.0 Å². The summed E-state index contributed by atoms with van der Waals surface area (Å²) < 4.78 is 0. The molecule has 2 rings (SSSR count). The van der Waals surface area contributed by atoms with Crippen LogP contribution in [0.2, 0.25) is 0 Å². The van der Waals surface area contributed by atoms with Gasteiger partial charge in [0.1, 0.15) is 5.69 Å². The van der Waals surface area contributed by atoms with Gasteiger partial charge in [0.2, 0.25) is 0 Å². The predicted octanol–water partition coefficient (Wildman–Crippen LogP) is 3.37. The molecule has 0 radical (unpaired) electrons. The number of anilines is 2. The van der Waals surface area contributed by atoms with E-state index >= 15 is 0 Å². The zero-order valence-electron chi connectivity index (χ0n) is 11.6. The predicted molar refractivity (Wildman–Crippen MR) is 79.3 cm³/mol. The Morgan fingerprint density at radius 2 is 1.81 bits per heavy atom. The van der Waals surface area contributed by atoms with Gasteiger partial charge in [-0.3, -0.25) is 10.1 Å². The lowest BCUT2D eigenvalue weighted by Gasteiger charge is -2.21. The van der Waals surface area contributed by atoms with Gasteiger partial charge in [-0.2, -0.15) is 0 Å². The van der Waals surface area contributed by atoms with Gasteiger partial charge in [-0.1, -0.05) is 12.1 Å². The summed E-state index contributed by atoms with van der Waals surface area (Å²) in [7, 11) is 1.71. The number of rotatable bonds is 4. The van der Waals surface area contributed by atoms with Gasteiger partial charge < -0.3 is 10.0 Å². The third-order valence-corrected chi connectivity index (χ3v) is 3.25. The van der Waals surface area contributed by atoms with E-state index in [2.05, 4.69) is 0 Å². The van der Waals surface area contributed by atoms with Crippen molar-refractivity contribution in [3.8, 4) is 0 Å². The molecule has 0 amide bonds. The second-order valence-corrected chi connectivity index (χ2v) is 4.61. The van der Waals surface area contributed by atoms with Crippen molar-refractivity contribution in [1.82, 2.24) is 0 Å². The molecule has 0 aliphatic heterocycles. The second kappa shape index (κ2) is 5.62. The highest BCUT2D eigenvalue weighted by atomic mass is 16.6. The van der Waals surface area contributed by atoms with Gasteiger partial charge in [-0.25, -0.2) is 4.79 Å². The molecule has 21 heavy (non-hydrogen) atoms. The maximum absolute atomic E-state index is 11.2. The van der Waals surface area contributed by atoms with Crippen LogP contribution in [-0.2, 0) is 0 Å². The van der Waals surface area contributed by atoms with E-state index in [0.717, 1.165) is 5.56 Å². The molecule has 2 aromatic carbocycles. The summed E-state index contributed by atoms with van der Waals surface area (Å²) in [5.41, 5.74) is 2.13. The average molecular weight is 286 g/mol. The number of nitrogens with zero attached hydrogens (tertiary/aromatic N) is 2. The standard InChI is InChI=1S/C15H14N2O4/c1-10-4-3-5-13(17(20)21)14(10)16(2)12-8-6-11(7-9-12)15(18)19/h3-9H,1-2H3,(H,18,19). The van der Waals surface area contributed by atoms with Gasteiger partial charge in [0, 0.05) is 18.8 Å². The van der Waals surface area contributed by atoms with Crippen molar-refractivity contribution in [3.63, 3.8) is 0 Å². The smallest absolute Gasteiger partial charge is 0.335 e. The van der Waals surface area contributed by atoms with Crippen LogP contribution in [0.1, 0.15) is 15.9 Å². The number of aryl methyl sites for hydroxylation is 1.